The zero-order valence-corrected chi connectivity index (χ0v) is 14.6. The topological polar surface area (TPSA) is 0 Å². The molecule has 0 aromatic rings. The molecule has 0 saturated heterocycles. The summed E-state index contributed by atoms with van der Waals surface area (Å²) in [5, 5.41) is 0. The standard InChI is InChI=1S/C10H6Cl8/c11-6-2-1-4(3-6)5-7(6,12)9(15,16)10(17,18)8(5,13)14/h1-2,4-5H,3H2. The zero-order chi connectivity index (χ0) is 13.8. The second kappa shape index (κ2) is 3.69. The van der Waals surface area contributed by atoms with E-state index in [1.807, 2.05) is 6.08 Å². The van der Waals surface area contributed by atoms with Crippen LogP contribution in [0.4, 0.5) is 0 Å². The van der Waals surface area contributed by atoms with Crippen molar-refractivity contribution in [2.24, 2.45) is 11.8 Å². The lowest BCUT2D eigenvalue weighted by Crippen LogP contribution is -2.56. The fourth-order valence-corrected chi connectivity index (χ4v) is 7.37. The molecule has 0 aliphatic heterocycles. The van der Waals surface area contributed by atoms with Crippen molar-refractivity contribution in [1.29, 1.82) is 0 Å². The predicted octanol–water partition coefficient (Wildman–Crippen LogP) is 5.68. The van der Waals surface area contributed by atoms with Crippen LogP contribution in [-0.4, -0.2) is 22.7 Å². The number of hydrogen-bond donors (Lipinski definition) is 0. The first kappa shape index (κ1) is 15.0. The van der Waals surface area contributed by atoms with Crippen molar-refractivity contribution in [2.45, 2.75) is 29.2 Å². The van der Waals surface area contributed by atoms with Gasteiger partial charge in [-0.25, -0.2) is 0 Å². The molecular formula is C10H6Cl8. The lowest BCUT2D eigenvalue weighted by molar-refractivity contribution is 0.386. The van der Waals surface area contributed by atoms with Crippen molar-refractivity contribution in [1.82, 2.24) is 0 Å². The zero-order valence-electron chi connectivity index (χ0n) is 8.54. The van der Waals surface area contributed by atoms with Crippen LogP contribution in [0.15, 0.2) is 12.2 Å². The number of alkyl halides is 8. The maximum Gasteiger partial charge on any atom is 0.185 e. The fourth-order valence-electron chi connectivity index (χ4n) is 3.42. The molecule has 3 aliphatic carbocycles. The Morgan fingerprint density at radius 3 is 1.89 bits per heavy atom. The molecule has 0 radical (unpaired) electrons. The number of allylic oxidation sites excluding steroid dienone is 2. The highest BCUT2D eigenvalue weighted by Gasteiger charge is 2.89. The molecule has 4 unspecified atom stereocenters. The summed E-state index contributed by atoms with van der Waals surface area (Å²) < 4.78 is -5.20. The van der Waals surface area contributed by atoms with Crippen LogP contribution in [0.1, 0.15) is 6.42 Å². The van der Waals surface area contributed by atoms with Gasteiger partial charge in [0.25, 0.3) is 0 Å². The van der Waals surface area contributed by atoms with Gasteiger partial charge >= 0.3 is 0 Å². The van der Waals surface area contributed by atoms with E-state index in [0.29, 0.717) is 6.42 Å². The van der Waals surface area contributed by atoms with E-state index in [9.17, 15) is 0 Å². The normalized spacial score (nSPS) is 53.8. The lowest BCUT2D eigenvalue weighted by Gasteiger charge is -2.43. The van der Waals surface area contributed by atoms with Crippen LogP contribution in [0.5, 0.6) is 0 Å². The third-order valence-corrected chi connectivity index (χ3v) is 10.1. The Balaban J connectivity index is 2.30. The Kier molecular flexibility index (Phi) is 3.07. The second-order valence-electron chi connectivity index (χ2n) is 5.05. The Morgan fingerprint density at radius 1 is 0.833 bits per heavy atom. The van der Waals surface area contributed by atoms with E-state index >= 15 is 0 Å². The first-order valence-electron chi connectivity index (χ1n) is 5.14. The molecule has 8 heteroatoms. The maximum atomic E-state index is 6.68. The number of hydrogen-bond acceptors (Lipinski definition) is 0. The maximum absolute atomic E-state index is 6.68. The van der Waals surface area contributed by atoms with E-state index in [-0.39, 0.29) is 5.92 Å². The highest BCUT2D eigenvalue weighted by atomic mass is 35.5. The smallest absolute Gasteiger partial charge is 0.113 e. The highest BCUT2D eigenvalue weighted by molar-refractivity contribution is 6.73. The largest absolute Gasteiger partial charge is 0.185 e. The summed E-state index contributed by atoms with van der Waals surface area (Å²) >= 11 is 51.1. The quantitative estimate of drug-likeness (QED) is 0.356. The van der Waals surface area contributed by atoms with Crippen LogP contribution in [0.2, 0.25) is 0 Å². The van der Waals surface area contributed by atoms with Crippen LogP contribution in [0.3, 0.4) is 0 Å². The Morgan fingerprint density at radius 2 is 1.39 bits per heavy atom. The minimum atomic E-state index is -1.83. The van der Waals surface area contributed by atoms with E-state index < -0.39 is 28.7 Å². The molecule has 102 valence electrons. The SMILES string of the molecule is ClC12C=CC(C1)C1C(Cl)(Cl)C(Cl)(Cl)C(Cl)(Cl)C12Cl. The molecule has 2 saturated carbocycles. The third kappa shape index (κ3) is 1.24. The van der Waals surface area contributed by atoms with E-state index in [2.05, 4.69) is 0 Å². The Labute approximate surface area is 145 Å². The van der Waals surface area contributed by atoms with Crippen molar-refractivity contribution >= 4 is 92.8 Å². The molecule has 2 fully saturated rings. The molecular weight excluding hydrogens is 404 g/mol. The molecule has 0 aromatic carbocycles. The number of fused-ring (bicyclic) bond motifs is 5. The van der Waals surface area contributed by atoms with Crippen LogP contribution in [0, 0.1) is 11.8 Å². The summed E-state index contributed by atoms with van der Waals surface area (Å²) in [6, 6.07) is 0. The monoisotopic (exact) mass is 406 g/mol. The summed E-state index contributed by atoms with van der Waals surface area (Å²) in [5.41, 5.74) is 0. The van der Waals surface area contributed by atoms with Gasteiger partial charge in [-0.15, -0.1) is 23.2 Å². The predicted molar refractivity (Wildman–Crippen MR) is 81.2 cm³/mol. The van der Waals surface area contributed by atoms with Crippen molar-refractivity contribution in [3.63, 3.8) is 0 Å². The second-order valence-corrected chi connectivity index (χ2v) is 10.4. The number of halogens is 8. The average Bonchev–Trinajstić information content (AvgIpc) is 2.71. The van der Waals surface area contributed by atoms with E-state index in [4.69, 9.17) is 92.8 Å². The van der Waals surface area contributed by atoms with Crippen LogP contribution >= 0.6 is 92.8 Å². The molecule has 2 bridgehead atoms. The summed E-state index contributed by atoms with van der Waals surface area (Å²) in [4.78, 5) is -2.27. The summed E-state index contributed by atoms with van der Waals surface area (Å²) in [6.07, 6.45) is 4.26. The van der Waals surface area contributed by atoms with Gasteiger partial charge in [-0.3, -0.25) is 0 Å². The van der Waals surface area contributed by atoms with Gasteiger partial charge in [-0.05, 0) is 12.3 Å². The van der Waals surface area contributed by atoms with Gasteiger partial charge in [0, 0.05) is 5.92 Å². The third-order valence-electron chi connectivity index (χ3n) is 4.26. The summed E-state index contributed by atoms with van der Waals surface area (Å²) in [6.45, 7) is 0. The molecule has 0 heterocycles. The molecule has 18 heavy (non-hydrogen) atoms. The minimum Gasteiger partial charge on any atom is -0.113 e. The van der Waals surface area contributed by atoms with Gasteiger partial charge in [-0.1, -0.05) is 81.8 Å². The lowest BCUT2D eigenvalue weighted by atomic mass is 9.84. The van der Waals surface area contributed by atoms with Gasteiger partial charge in [0.2, 0.25) is 0 Å². The highest BCUT2D eigenvalue weighted by Crippen LogP contribution is 2.81. The van der Waals surface area contributed by atoms with Gasteiger partial charge in [0.1, 0.15) is 4.87 Å². The van der Waals surface area contributed by atoms with Gasteiger partial charge in [0.15, 0.2) is 13.0 Å². The van der Waals surface area contributed by atoms with Crippen LogP contribution in [0.25, 0.3) is 0 Å². The average molecular weight is 410 g/mol. The van der Waals surface area contributed by atoms with E-state index in [1.165, 1.54) is 0 Å². The van der Waals surface area contributed by atoms with Crippen molar-refractivity contribution in [3.8, 4) is 0 Å². The molecule has 4 atom stereocenters. The first-order chi connectivity index (χ1) is 7.93. The van der Waals surface area contributed by atoms with Crippen LogP contribution in [-0.2, 0) is 0 Å². The van der Waals surface area contributed by atoms with Gasteiger partial charge in [-0.2, -0.15) is 0 Å². The van der Waals surface area contributed by atoms with Crippen molar-refractivity contribution < 1.29 is 0 Å². The van der Waals surface area contributed by atoms with E-state index in [1.54, 1.807) is 6.08 Å². The first-order valence-corrected chi connectivity index (χ1v) is 8.16. The molecule has 3 aliphatic rings. The molecule has 0 amide bonds. The molecule has 3 rings (SSSR count). The summed E-state index contributed by atoms with van der Waals surface area (Å²) in [7, 11) is 0. The van der Waals surface area contributed by atoms with Gasteiger partial charge in [0.05, 0.1) is 4.87 Å². The fraction of sp³-hybridized carbons (Fsp3) is 0.800. The summed E-state index contributed by atoms with van der Waals surface area (Å²) in [5.74, 6) is -0.575. The van der Waals surface area contributed by atoms with Crippen molar-refractivity contribution in [2.75, 3.05) is 0 Å². The van der Waals surface area contributed by atoms with Crippen molar-refractivity contribution in [3.05, 3.63) is 12.2 Å². The molecule has 0 spiro atoms. The van der Waals surface area contributed by atoms with E-state index in [0.717, 1.165) is 0 Å². The van der Waals surface area contributed by atoms with Gasteiger partial charge < -0.3 is 0 Å². The minimum absolute atomic E-state index is 0.0498. The number of rotatable bonds is 0. The Bertz CT molecular complexity index is 455. The Hall–Kier alpha value is 2.06. The molecule has 0 nitrogen and oxygen atoms in total. The van der Waals surface area contributed by atoms with Crippen LogP contribution < -0.4 is 0 Å². The molecule has 0 aromatic heterocycles. The molecule has 0 N–H and O–H groups in total.